The van der Waals surface area contributed by atoms with Crippen molar-refractivity contribution in [2.75, 3.05) is 6.61 Å². The molecule has 1 unspecified atom stereocenters. The van der Waals surface area contributed by atoms with Crippen molar-refractivity contribution in [3.8, 4) is 5.88 Å². The maximum absolute atomic E-state index is 6.06. The van der Waals surface area contributed by atoms with E-state index >= 15 is 0 Å². The van der Waals surface area contributed by atoms with Gasteiger partial charge in [-0.15, -0.1) is 0 Å². The molecule has 1 aromatic heterocycles. The number of nitrogens with zero attached hydrogens (tertiary/aromatic N) is 2. The van der Waals surface area contributed by atoms with Gasteiger partial charge in [0.25, 0.3) is 0 Å². The minimum atomic E-state index is -0.498. The number of rotatable bonds is 5. The van der Waals surface area contributed by atoms with E-state index in [1.807, 2.05) is 20.8 Å². The van der Waals surface area contributed by atoms with Crippen molar-refractivity contribution in [1.82, 2.24) is 9.97 Å². The van der Waals surface area contributed by atoms with Gasteiger partial charge in [0, 0.05) is 12.8 Å². The maximum Gasteiger partial charge on any atom is 0.231 e. The highest BCUT2D eigenvalue weighted by molar-refractivity contribution is 14.1. The number of hydrogen-bond donors (Lipinski definition) is 0. The van der Waals surface area contributed by atoms with Crippen LogP contribution in [0.5, 0.6) is 5.88 Å². The molecule has 1 aliphatic rings. The lowest BCUT2D eigenvalue weighted by molar-refractivity contribution is -0.233. The fourth-order valence-corrected chi connectivity index (χ4v) is 2.47. The van der Waals surface area contributed by atoms with Gasteiger partial charge in [-0.25, -0.2) is 4.98 Å². The van der Waals surface area contributed by atoms with Crippen molar-refractivity contribution in [2.24, 2.45) is 0 Å². The largest absolute Gasteiger partial charge is 0.471 e. The Morgan fingerprint density at radius 2 is 2.24 bits per heavy atom. The Morgan fingerprint density at radius 1 is 1.48 bits per heavy atom. The summed E-state index contributed by atoms with van der Waals surface area (Å²) in [6, 6.07) is 0. The first kappa shape index (κ1) is 17.2. The summed E-state index contributed by atoms with van der Waals surface area (Å²) in [6.45, 7) is 6.70. The fraction of sp³-hybridized carbons (Fsp3) is 0.714. The zero-order valence-corrected chi connectivity index (χ0v) is 15.3. The molecule has 1 fully saturated rings. The van der Waals surface area contributed by atoms with Crippen LogP contribution in [0.3, 0.4) is 0 Å². The van der Waals surface area contributed by atoms with Crippen LogP contribution in [-0.4, -0.2) is 34.6 Å². The summed E-state index contributed by atoms with van der Waals surface area (Å²) in [6.07, 6.45) is 4.43. The molecule has 0 radical (unpaired) electrons. The summed E-state index contributed by atoms with van der Waals surface area (Å²) in [5.74, 6) is 0.476. The Balaban J connectivity index is 1.99. The van der Waals surface area contributed by atoms with Gasteiger partial charge in [-0.1, -0.05) is 0 Å². The molecule has 1 aliphatic heterocycles. The molecule has 2 atom stereocenters. The van der Waals surface area contributed by atoms with E-state index in [1.54, 1.807) is 6.20 Å². The highest BCUT2D eigenvalue weighted by Crippen LogP contribution is 2.27. The highest BCUT2D eigenvalue weighted by Gasteiger charge is 2.33. The van der Waals surface area contributed by atoms with Crippen LogP contribution in [0.4, 0.5) is 0 Å². The number of hydrogen-bond acceptors (Lipinski definition) is 5. The maximum atomic E-state index is 6.06. The van der Waals surface area contributed by atoms with E-state index in [0.29, 0.717) is 5.88 Å². The van der Waals surface area contributed by atoms with Crippen LogP contribution >= 0.6 is 34.2 Å². The van der Waals surface area contributed by atoms with Gasteiger partial charge < -0.3 is 14.2 Å². The van der Waals surface area contributed by atoms with Crippen LogP contribution in [0.15, 0.2) is 6.20 Å². The molecule has 7 heteroatoms. The predicted octanol–water partition coefficient (Wildman–Crippen LogP) is 3.82. The summed E-state index contributed by atoms with van der Waals surface area (Å²) < 4.78 is 18.4. The average Bonchev–Trinajstić information content (AvgIpc) is 2.43. The van der Waals surface area contributed by atoms with Crippen LogP contribution in [0, 0.1) is 3.57 Å². The molecular weight excluding hydrogens is 407 g/mol. The molecule has 1 saturated heterocycles. The van der Waals surface area contributed by atoms with Crippen molar-refractivity contribution in [3.05, 3.63) is 15.1 Å². The molecule has 0 aromatic carbocycles. The lowest BCUT2D eigenvalue weighted by Gasteiger charge is -2.36. The minimum Gasteiger partial charge on any atom is -0.471 e. The molecule has 5 nitrogen and oxygen atoms in total. The molecule has 0 aliphatic carbocycles. The topological polar surface area (TPSA) is 53.5 Å². The Kier molecular flexibility index (Phi) is 6.05. The van der Waals surface area contributed by atoms with Gasteiger partial charge in [0.15, 0.2) is 6.29 Å². The zero-order valence-electron chi connectivity index (χ0n) is 12.4. The molecule has 0 saturated carbocycles. The van der Waals surface area contributed by atoms with Gasteiger partial charge in [-0.2, -0.15) is 4.98 Å². The third-order valence-corrected chi connectivity index (χ3v) is 4.45. The second kappa shape index (κ2) is 7.39. The smallest absolute Gasteiger partial charge is 0.231 e. The van der Waals surface area contributed by atoms with Gasteiger partial charge >= 0.3 is 0 Å². The summed E-state index contributed by atoms with van der Waals surface area (Å²) in [7, 11) is 0. The fourth-order valence-electron chi connectivity index (χ4n) is 1.96. The summed E-state index contributed by atoms with van der Waals surface area (Å²) in [4.78, 5) is 8.03. The molecule has 21 heavy (non-hydrogen) atoms. The average molecular weight is 427 g/mol. The second-order valence-corrected chi connectivity index (χ2v) is 7.07. The summed E-state index contributed by atoms with van der Waals surface area (Å²) in [5.41, 5.74) is -0.498. The monoisotopic (exact) mass is 426 g/mol. The molecule has 1 aromatic rings. The molecule has 2 heterocycles. The first-order valence-corrected chi connectivity index (χ1v) is 8.48. The van der Waals surface area contributed by atoms with E-state index in [2.05, 4.69) is 32.6 Å². The van der Waals surface area contributed by atoms with E-state index in [9.17, 15) is 0 Å². The molecule has 2 rings (SSSR count). The third-order valence-electron chi connectivity index (χ3n) is 3.52. The van der Waals surface area contributed by atoms with Crippen molar-refractivity contribution < 1.29 is 14.2 Å². The van der Waals surface area contributed by atoms with Crippen molar-refractivity contribution in [2.45, 2.75) is 58.0 Å². The highest BCUT2D eigenvalue weighted by atomic mass is 127. The summed E-state index contributed by atoms with van der Waals surface area (Å²) >= 11 is 7.93. The molecule has 118 valence electrons. The normalized spacial score (nSPS) is 21.1. The lowest BCUT2D eigenvalue weighted by atomic mass is 10.0. The first-order valence-electron chi connectivity index (χ1n) is 7.02. The molecule has 0 spiro atoms. The van der Waals surface area contributed by atoms with Gasteiger partial charge in [-0.05, 0) is 74.2 Å². The Labute approximate surface area is 143 Å². The number of ether oxygens (including phenoxy) is 3. The second-order valence-electron chi connectivity index (χ2n) is 5.57. The predicted molar refractivity (Wildman–Crippen MR) is 88.6 cm³/mol. The molecule has 0 N–H and O–H groups in total. The van der Waals surface area contributed by atoms with Crippen LogP contribution < -0.4 is 4.74 Å². The molecular formula is C14H20ClIN2O3. The first-order chi connectivity index (χ1) is 9.88. The number of aromatic nitrogens is 2. The van der Waals surface area contributed by atoms with Crippen molar-refractivity contribution in [1.29, 1.82) is 0 Å². The van der Waals surface area contributed by atoms with Gasteiger partial charge in [-0.3, -0.25) is 0 Å². The molecule has 0 amide bonds. The number of halogens is 2. The third kappa shape index (κ3) is 4.91. The van der Waals surface area contributed by atoms with Gasteiger partial charge in [0.1, 0.15) is 11.7 Å². The van der Waals surface area contributed by atoms with E-state index in [4.69, 9.17) is 25.8 Å². The minimum absolute atomic E-state index is 0.159. The van der Waals surface area contributed by atoms with Crippen LogP contribution in [-0.2, 0) is 9.47 Å². The van der Waals surface area contributed by atoms with E-state index < -0.39 is 5.60 Å². The quantitative estimate of drug-likeness (QED) is 0.529. The Morgan fingerprint density at radius 3 is 2.90 bits per heavy atom. The van der Waals surface area contributed by atoms with Gasteiger partial charge in [0.05, 0.1) is 3.57 Å². The zero-order chi connectivity index (χ0) is 15.5. The van der Waals surface area contributed by atoms with Crippen LogP contribution in [0.25, 0.3) is 0 Å². The van der Waals surface area contributed by atoms with E-state index in [1.165, 1.54) is 0 Å². The Hall–Kier alpha value is -0.180. The SMILES string of the molecule is CC(Oc1nc(Cl)ncc1I)C(C)(C)O[C@@H]1CCCCO1. The van der Waals surface area contributed by atoms with E-state index in [0.717, 1.165) is 29.4 Å². The molecule has 0 bridgehead atoms. The van der Waals surface area contributed by atoms with Crippen LogP contribution in [0.2, 0.25) is 5.28 Å². The lowest BCUT2D eigenvalue weighted by Crippen LogP contribution is -2.45. The van der Waals surface area contributed by atoms with Crippen molar-refractivity contribution >= 4 is 34.2 Å². The van der Waals surface area contributed by atoms with Crippen LogP contribution in [0.1, 0.15) is 40.0 Å². The Bertz CT molecular complexity index is 481. The standard InChI is InChI=1S/C14H20ClIN2O3/c1-9(20-12-10(16)8-17-13(15)18-12)14(2,3)21-11-6-4-5-7-19-11/h8-9,11H,4-7H2,1-3H3/t9?,11-/m1/s1. The van der Waals surface area contributed by atoms with Gasteiger partial charge in [0.2, 0.25) is 11.2 Å². The summed E-state index contributed by atoms with van der Waals surface area (Å²) in [5, 5.41) is 0.173. The van der Waals surface area contributed by atoms with Crippen molar-refractivity contribution in [3.63, 3.8) is 0 Å². The van der Waals surface area contributed by atoms with E-state index in [-0.39, 0.29) is 17.7 Å².